The quantitative estimate of drug-likeness (QED) is 0.0511. The molecule has 552 valence electrons. The maximum absolute atomic E-state index is 15.4. The van der Waals surface area contributed by atoms with E-state index in [0.717, 1.165) is 44.8 Å². The molecule has 3 heterocycles. The molecule has 17 N–H and O–H groups in total. The van der Waals surface area contributed by atoms with Crippen molar-refractivity contribution in [3.63, 3.8) is 0 Å². The van der Waals surface area contributed by atoms with Crippen LogP contribution in [0.1, 0.15) is 107 Å². The molecule has 3 saturated heterocycles. The van der Waals surface area contributed by atoms with Crippen LogP contribution < -0.4 is 64.6 Å². The molecule has 12 atom stereocenters. The number of aryl methyl sites for hydroxylation is 2. The summed E-state index contributed by atoms with van der Waals surface area (Å²) >= 11 is 0. The first-order valence-corrected chi connectivity index (χ1v) is 33.8. The van der Waals surface area contributed by atoms with Crippen LogP contribution in [0.25, 0.3) is 21.9 Å². The summed E-state index contributed by atoms with van der Waals surface area (Å²) in [6, 6.07) is 10.4. The number of carboxylic acids is 3. The Kier molecular flexibility index (Phi) is 27.8. The van der Waals surface area contributed by atoms with Crippen LogP contribution in [-0.4, -0.2) is 212 Å². The first-order chi connectivity index (χ1) is 48.8. The zero-order valence-corrected chi connectivity index (χ0v) is 57.5. The van der Waals surface area contributed by atoms with Gasteiger partial charge < -0.3 is 89.8 Å². The molecule has 7 rings (SSSR count). The van der Waals surface area contributed by atoms with E-state index in [2.05, 4.69) is 84.2 Å². The molecule has 0 bridgehead atoms. The minimum atomic E-state index is -2.16. The van der Waals surface area contributed by atoms with Crippen molar-refractivity contribution < 1.29 is 92.0 Å². The molecule has 33 nitrogen and oxygen atoms in total. The number of fused-ring (bicyclic) bond motifs is 3. The standard InChI is InChI=1S/C70H88N14O19/c1-35(2)56-68(100)84-27-11-15-50(84)64(96)75-38(5)59(82-63(95)46(30-51(72)85)77-60(92)42-21-18-39(19-22-42)16-17-40-20-23-45-29-44(25-24-43(45)28-40)41-12-7-6-8-13-41)69(101)83-26-10-9-14-49(83)65(97)81-57(36(3)70(102)103)66(98)78-48(32-55(90)91)62(94)73-33-52(86)76-47(31-54(88)89)61(93)74-34-53(87)79-58(37(4)71)67(99)80-56/h6-8,12-13,18-25,28-29,35-38,46-50,56-59H,9-11,14-17,26-27,30-34,71H2,1-5H3,(H2,72,85)(H,73,94)(H,74,93)(H,75,96)(H,76,86)(H,77,92)(H,78,98)(H,79,87)(H,80,99)(H,81,97)(H,82,95)(H,88,89)(H,90,91)(H,102,103)/t36?,37?,38-,46+,47?,48+,49-,50+,56+,57+,58-,59?/m1/s1. The van der Waals surface area contributed by atoms with Crippen LogP contribution in [0.5, 0.6) is 0 Å². The molecule has 0 aliphatic carbocycles. The fourth-order valence-corrected chi connectivity index (χ4v) is 12.3. The monoisotopic (exact) mass is 1430 g/mol. The molecule has 33 heteroatoms. The predicted octanol–water partition coefficient (Wildman–Crippen LogP) is -2.03. The summed E-state index contributed by atoms with van der Waals surface area (Å²) in [7, 11) is 0. The molecule has 3 aliphatic rings. The van der Waals surface area contributed by atoms with Crippen molar-refractivity contribution in [1.82, 2.24) is 63.0 Å². The summed E-state index contributed by atoms with van der Waals surface area (Å²) in [5, 5.41) is 55.0. The third-order valence-electron chi connectivity index (χ3n) is 18.0. The molecule has 0 aromatic heterocycles. The number of benzene rings is 4. The lowest BCUT2D eigenvalue weighted by atomic mass is 9.96. The Labute approximate surface area is 591 Å². The maximum Gasteiger partial charge on any atom is 0.308 e. The summed E-state index contributed by atoms with van der Waals surface area (Å²) in [6.45, 7) is 4.38. The molecule has 0 saturated carbocycles. The number of amides is 13. The van der Waals surface area contributed by atoms with Gasteiger partial charge in [-0.15, -0.1) is 0 Å². The van der Waals surface area contributed by atoms with Gasteiger partial charge in [-0.1, -0.05) is 86.6 Å². The molecule has 4 unspecified atom stereocenters. The lowest BCUT2D eigenvalue weighted by molar-refractivity contribution is -0.149. The fraction of sp³-hybridized carbons (Fsp3) is 0.457. The molecule has 3 aliphatic heterocycles. The highest BCUT2D eigenvalue weighted by Gasteiger charge is 2.45. The number of nitrogens with zero attached hydrogens (tertiary/aromatic N) is 2. The van der Waals surface area contributed by atoms with E-state index < -0.39 is 205 Å². The minimum absolute atomic E-state index is 0.0174. The van der Waals surface area contributed by atoms with Crippen LogP contribution in [0.15, 0.2) is 91.0 Å². The SMILES string of the molecule is CC(C)[C@@H]1NC(=O)[C@@H](C(C)N)NC(=O)CNC(=O)C(CC(=O)O)NC(=O)CNC(=O)[C@H](CC(=O)O)NC(=O)[C@H](C(C)C(=O)O)NC(=O)[C@H]2CCCCN2C(=O)C(NC(=O)[C@H](CC(N)=O)NC(=O)c2ccc(CCc3ccc4cc(-c5ccccc5)ccc4c3)cc2)[C@@H](C)NC(=O)[C@@H]2CCCN2C1=O. The number of nitrogens with one attached hydrogen (secondary N) is 10. The number of piperidine rings is 1. The van der Waals surface area contributed by atoms with Gasteiger partial charge in [0.2, 0.25) is 70.9 Å². The highest BCUT2D eigenvalue weighted by molar-refractivity contribution is 6.03. The van der Waals surface area contributed by atoms with Crippen molar-refractivity contribution in [2.45, 2.75) is 165 Å². The van der Waals surface area contributed by atoms with Crippen molar-refractivity contribution in [3.05, 3.63) is 108 Å². The number of nitrogens with two attached hydrogens (primary N) is 2. The topological polar surface area (TPSA) is 513 Å². The molecule has 3 fully saturated rings. The van der Waals surface area contributed by atoms with Crippen molar-refractivity contribution in [2.75, 3.05) is 26.2 Å². The number of hydrogen-bond donors (Lipinski definition) is 15. The summed E-state index contributed by atoms with van der Waals surface area (Å²) in [5.74, 6) is -22.1. The number of carbonyl (C=O) groups excluding carboxylic acids is 13. The van der Waals surface area contributed by atoms with E-state index >= 15 is 4.79 Å². The molecular formula is C70H88N14O19. The Hall–Kier alpha value is -11.4. The smallest absolute Gasteiger partial charge is 0.308 e. The van der Waals surface area contributed by atoms with Crippen molar-refractivity contribution in [1.29, 1.82) is 0 Å². The summed E-state index contributed by atoms with van der Waals surface area (Å²) in [6.07, 6.45) is -1.43. The molecule has 13 amide bonds. The van der Waals surface area contributed by atoms with Gasteiger partial charge in [-0.05, 0) is 123 Å². The first kappa shape index (κ1) is 79.0. The molecule has 4 aromatic carbocycles. The van der Waals surface area contributed by atoms with E-state index in [4.69, 9.17) is 11.5 Å². The summed E-state index contributed by atoms with van der Waals surface area (Å²) in [5.41, 5.74) is 16.0. The van der Waals surface area contributed by atoms with E-state index in [1.807, 2.05) is 35.6 Å². The van der Waals surface area contributed by atoms with Crippen LogP contribution in [0.4, 0.5) is 0 Å². The van der Waals surface area contributed by atoms with Gasteiger partial charge in [-0.25, -0.2) is 0 Å². The van der Waals surface area contributed by atoms with E-state index in [9.17, 15) is 87.2 Å². The molecule has 0 radical (unpaired) electrons. The molecule has 4 aromatic rings. The van der Waals surface area contributed by atoms with Crippen LogP contribution in [0.3, 0.4) is 0 Å². The maximum atomic E-state index is 15.4. The van der Waals surface area contributed by atoms with Crippen molar-refractivity contribution >= 4 is 105 Å². The van der Waals surface area contributed by atoms with Gasteiger partial charge >= 0.3 is 17.9 Å². The molecular weight excluding hydrogens is 1340 g/mol. The Morgan fingerprint density at radius 1 is 0.553 bits per heavy atom. The number of rotatable bonds is 18. The van der Waals surface area contributed by atoms with Gasteiger partial charge in [0.05, 0.1) is 44.3 Å². The highest BCUT2D eigenvalue weighted by atomic mass is 16.4. The average molecular weight is 1430 g/mol. The van der Waals surface area contributed by atoms with Gasteiger partial charge in [0, 0.05) is 24.7 Å². The predicted molar refractivity (Wildman–Crippen MR) is 367 cm³/mol. The van der Waals surface area contributed by atoms with Crippen LogP contribution in [0, 0.1) is 11.8 Å². The van der Waals surface area contributed by atoms with Gasteiger partial charge in [0.15, 0.2) is 0 Å². The Bertz CT molecular complexity index is 3890. The van der Waals surface area contributed by atoms with E-state index in [1.165, 1.54) is 30.9 Å². The highest BCUT2D eigenvalue weighted by Crippen LogP contribution is 2.27. The third kappa shape index (κ3) is 21.8. The number of hydrogen-bond acceptors (Lipinski definition) is 17. The zero-order chi connectivity index (χ0) is 75.5. The van der Waals surface area contributed by atoms with E-state index in [-0.39, 0.29) is 50.8 Å². The van der Waals surface area contributed by atoms with Crippen LogP contribution in [-0.2, 0) is 84.8 Å². The second-order valence-corrected chi connectivity index (χ2v) is 26.2. The Morgan fingerprint density at radius 2 is 1.09 bits per heavy atom. The Balaban J connectivity index is 1.18. The number of aliphatic carboxylic acids is 3. The summed E-state index contributed by atoms with van der Waals surface area (Å²) < 4.78 is 0. The number of carbonyl (C=O) groups is 16. The van der Waals surface area contributed by atoms with Gasteiger partial charge in [0.25, 0.3) is 5.91 Å². The van der Waals surface area contributed by atoms with Gasteiger partial charge in [-0.3, -0.25) is 76.7 Å². The largest absolute Gasteiger partial charge is 0.481 e. The number of carboxylic acid groups (broad SMARTS) is 3. The average Bonchev–Trinajstić information content (AvgIpc) is 1.78. The third-order valence-corrected chi connectivity index (χ3v) is 18.0. The lowest BCUT2D eigenvalue weighted by Gasteiger charge is -2.39. The first-order valence-electron chi connectivity index (χ1n) is 33.8. The fourth-order valence-electron chi connectivity index (χ4n) is 12.3. The summed E-state index contributed by atoms with van der Waals surface area (Å²) in [4.78, 5) is 221. The van der Waals surface area contributed by atoms with Gasteiger partial charge in [-0.2, -0.15) is 0 Å². The second kappa shape index (κ2) is 36.3. The van der Waals surface area contributed by atoms with Gasteiger partial charge in [0.1, 0.15) is 54.4 Å². The van der Waals surface area contributed by atoms with E-state index in [0.29, 0.717) is 12.8 Å². The molecule has 103 heavy (non-hydrogen) atoms. The minimum Gasteiger partial charge on any atom is -0.481 e. The number of primary amides is 1. The van der Waals surface area contributed by atoms with E-state index in [1.54, 1.807) is 26.0 Å². The second-order valence-electron chi connectivity index (χ2n) is 26.2. The lowest BCUT2D eigenvalue weighted by Crippen LogP contribution is -2.66. The van der Waals surface area contributed by atoms with Crippen molar-refractivity contribution in [3.8, 4) is 11.1 Å². The van der Waals surface area contributed by atoms with Crippen LogP contribution in [0.2, 0.25) is 0 Å². The zero-order valence-electron chi connectivity index (χ0n) is 57.5. The van der Waals surface area contributed by atoms with Crippen LogP contribution >= 0.6 is 0 Å². The Morgan fingerprint density at radius 3 is 1.69 bits per heavy atom. The normalized spacial score (nSPS) is 23.5. The molecule has 0 spiro atoms. The van der Waals surface area contributed by atoms with Crippen molar-refractivity contribution in [2.24, 2.45) is 23.3 Å².